The SMILES string of the molecule is CCOC(=O)c1c(OCC(=O)OC(C)(C)C)c(C)c(C(C)=O)n1-c1ccc(OC)cc1. The van der Waals surface area contributed by atoms with Gasteiger partial charge in [-0.2, -0.15) is 0 Å². The van der Waals surface area contributed by atoms with E-state index in [1.165, 1.54) is 11.5 Å². The van der Waals surface area contributed by atoms with Crippen LogP contribution >= 0.6 is 0 Å². The van der Waals surface area contributed by atoms with Crippen molar-refractivity contribution >= 4 is 17.7 Å². The van der Waals surface area contributed by atoms with Crippen molar-refractivity contribution in [2.24, 2.45) is 0 Å². The van der Waals surface area contributed by atoms with Gasteiger partial charge in [0.05, 0.1) is 19.4 Å². The molecule has 2 rings (SSSR count). The number of carbonyl (C=O) groups is 3. The molecular formula is C23H29NO7. The minimum Gasteiger partial charge on any atom is -0.497 e. The van der Waals surface area contributed by atoms with Crippen LogP contribution < -0.4 is 9.47 Å². The molecule has 2 aromatic rings. The summed E-state index contributed by atoms with van der Waals surface area (Å²) in [4.78, 5) is 37.5. The highest BCUT2D eigenvalue weighted by Crippen LogP contribution is 2.34. The lowest BCUT2D eigenvalue weighted by molar-refractivity contribution is -0.157. The Morgan fingerprint density at radius 1 is 1.03 bits per heavy atom. The van der Waals surface area contributed by atoms with E-state index in [0.29, 0.717) is 17.0 Å². The minimum absolute atomic E-state index is 0.0262. The van der Waals surface area contributed by atoms with Gasteiger partial charge in [-0.15, -0.1) is 0 Å². The second-order valence-corrected chi connectivity index (χ2v) is 7.84. The molecule has 1 aromatic heterocycles. The van der Waals surface area contributed by atoms with Crippen LogP contribution in [0.25, 0.3) is 5.69 Å². The molecule has 0 fully saturated rings. The fourth-order valence-corrected chi connectivity index (χ4v) is 3.14. The summed E-state index contributed by atoms with van der Waals surface area (Å²) in [5.74, 6) is -0.816. The highest BCUT2D eigenvalue weighted by atomic mass is 16.6. The Bertz CT molecular complexity index is 965. The summed E-state index contributed by atoms with van der Waals surface area (Å²) in [5, 5.41) is 0. The summed E-state index contributed by atoms with van der Waals surface area (Å²) in [6, 6.07) is 6.85. The Labute approximate surface area is 182 Å². The van der Waals surface area contributed by atoms with E-state index in [1.54, 1.807) is 66.0 Å². The van der Waals surface area contributed by atoms with E-state index in [1.807, 2.05) is 0 Å². The lowest BCUT2D eigenvalue weighted by Gasteiger charge is -2.19. The van der Waals surface area contributed by atoms with Gasteiger partial charge in [-0.25, -0.2) is 9.59 Å². The highest BCUT2D eigenvalue weighted by molar-refractivity contribution is 6.01. The van der Waals surface area contributed by atoms with E-state index >= 15 is 0 Å². The van der Waals surface area contributed by atoms with Crippen LogP contribution in [0, 0.1) is 6.92 Å². The Kier molecular flexibility index (Phi) is 7.49. The van der Waals surface area contributed by atoms with Crippen LogP contribution in [0.2, 0.25) is 0 Å². The van der Waals surface area contributed by atoms with Crippen LogP contribution in [0.15, 0.2) is 24.3 Å². The third-order valence-corrected chi connectivity index (χ3v) is 4.25. The van der Waals surface area contributed by atoms with E-state index in [-0.39, 0.29) is 29.5 Å². The molecule has 0 radical (unpaired) electrons. The Morgan fingerprint density at radius 2 is 1.65 bits per heavy atom. The summed E-state index contributed by atoms with van der Waals surface area (Å²) in [6.07, 6.45) is 0. The summed E-state index contributed by atoms with van der Waals surface area (Å²) in [7, 11) is 1.54. The van der Waals surface area contributed by atoms with Crippen molar-refractivity contribution in [3.8, 4) is 17.2 Å². The molecule has 0 saturated carbocycles. The highest BCUT2D eigenvalue weighted by Gasteiger charge is 2.31. The van der Waals surface area contributed by atoms with Crippen LogP contribution in [-0.2, 0) is 14.3 Å². The molecule has 0 atom stereocenters. The third kappa shape index (κ3) is 5.65. The monoisotopic (exact) mass is 431 g/mol. The molecule has 0 aliphatic carbocycles. The summed E-state index contributed by atoms with van der Waals surface area (Å²) in [5.41, 5.74) is 0.573. The van der Waals surface area contributed by atoms with Gasteiger partial charge in [0, 0.05) is 18.2 Å². The number of esters is 2. The van der Waals surface area contributed by atoms with Gasteiger partial charge in [0.2, 0.25) is 0 Å². The van der Waals surface area contributed by atoms with Gasteiger partial charge in [0.1, 0.15) is 11.4 Å². The zero-order valence-corrected chi connectivity index (χ0v) is 19.0. The number of carbonyl (C=O) groups excluding carboxylic acids is 3. The maximum Gasteiger partial charge on any atom is 0.359 e. The predicted molar refractivity (Wildman–Crippen MR) is 114 cm³/mol. The normalized spacial score (nSPS) is 11.1. The zero-order chi connectivity index (χ0) is 23.3. The largest absolute Gasteiger partial charge is 0.497 e. The molecule has 8 heteroatoms. The number of ketones is 1. The first-order valence-corrected chi connectivity index (χ1v) is 9.92. The van der Waals surface area contributed by atoms with E-state index in [2.05, 4.69) is 0 Å². The molecule has 0 saturated heterocycles. The van der Waals surface area contributed by atoms with Crippen LogP contribution in [0.5, 0.6) is 11.5 Å². The van der Waals surface area contributed by atoms with E-state index < -0.39 is 24.1 Å². The first-order chi connectivity index (χ1) is 14.5. The second-order valence-electron chi connectivity index (χ2n) is 7.84. The molecule has 168 valence electrons. The smallest absolute Gasteiger partial charge is 0.359 e. The maximum absolute atomic E-state index is 12.9. The standard InChI is InChI=1S/C23H29NO7/c1-8-29-22(27)20-21(30-13-18(26)31-23(4,5)6)14(2)19(15(3)25)24(20)16-9-11-17(28-7)12-10-16/h9-12H,8,13H2,1-7H3. The average Bonchev–Trinajstić information content (AvgIpc) is 2.97. The summed E-state index contributed by atoms with van der Waals surface area (Å²) in [6.45, 7) is 9.68. The van der Waals surface area contributed by atoms with Gasteiger partial charge in [0.25, 0.3) is 0 Å². The first-order valence-electron chi connectivity index (χ1n) is 9.92. The number of aromatic nitrogens is 1. The van der Waals surface area contributed by atoms with E-state index in [4.69, 9.17) is 18.9 Å². The van der Waals surface area contributed by atoms with Crippen LogP contribution in [0.3, 0.4) is 0 Å². The van der Waals surface area contributed by atoms with E-state index in [9.17, 15) is 14.4 Å². The summed E-state index contributed by atoms with van der Waals surface area (Å²) < 4.78 is 22.9. The van der Waals surface area contributed by atoms with Crippen molar-refractivity contribution in [1.82, 2.24) is 4.57 Å². The van der Waals surface area contributed by atoms with Crippen molar-refractivity contribution < 1.29 is 33.3 Å². The van der Waals surface area contributed by atoms with Gasteiger partial charge in [-0.1, -0.05) is 0 Å². The van der Waals surface area contributed by atoms with Crippen LogP contribution in [0.1, 0.15) is 61.2 Å². The molecule has 0 amide bonds. The molecule has 8 nitrogen and oxygen atoms in total. The van der Waals surface area contributed by atoms with Gasteiger partial charge in [-0.05, 0) is 58.9 Å². The predicted octanol–water partition coefficient (Wildman–Crippen LogP) is 3.89. The maximum atomic E-state index is 12.9. The Morgan fingerprint density at radius 3 is 2.13 bits per heavy atom. The summed E-state index contributed by atoms with van der Waals surface area (Å²) >= 11 is 0. The number of hydrogen-bond acceptors (Lipinski definition) is 7. The molecule has 0 bridgehead atoms. The fraction of sp³-hybridized carbons (Fsp3) is 0.435. The first kappa shape index (κ1) is 24.0. The van der Waals surface area contributed by atoms with Crippen molar-refractivity contribution in [3.05, 3.63) is 41.2 Å². The molecule has 1 heterocycles. The molecule has 0 unspecified atom stereocenters. The van der Waals surface area contributed by atoms with Crippen LogP contribution in [0.4, 0.5) is 0 Å². The molecule has 0 spiro atoms. The number of nitrogens with zero attached hydrogens (tertiary/aromatic N) is 1. The van der Waals surface area contributed by atoms with E-state index in [0.717, 1.165) is 0 Å². The molecule has 31 heavy (non-hydrogen) atoms. The lowest BCUT2D eigenvalue weighted by atomic mass is 10.2. The number of methoxy groups -OCH3 is 1. The van der Waals surface area contributed by atoms with Crippen molar-refractivity contribution in [3.63, 3.8) is 0 Å². The number of ether oxygens (including phenoxy) is 4. The van der Waals surface area contributed by atoms with Gasteiger partial charge in [-0.3, -0.25) is 9.36 Å². The van der Waals surface area contributed by atoms with Crippen molar-refractivity contribution in [1.29, 1.82) is 0 Å². The molecule has 0 N–H and O–H groups in total. The number of Topliss-reactive ketones (excluding diaryl/α,β-unsaturated/α-hetero) is 1. The topological polar surface area (TPSA) is 93.1 Å². The number of benzene rings is 1. The molecule has 1 aromatic carbocycles. The van der Waals surface area contributed by atoms with Crippen molar-refractivity contribution in [2.45, 2.75) is 47.1 Å². The third-order valence-electron chi connectivity index (χ3n) is 4.25. The number of hydrogen-bond donors (Lipinski definition) is 0. The fourth-order valence-electron chi connectivity index (χ4n) is 3.14. The molecule has 0 aliphatic rings. The minimum atomic E-state index is -0.682. The Hall–Kier alpha value is -3.29. The molecule has 0 aliphatic heterocycles. The van der Waals surface area contributed by atoms with Gasteiger partial charge < -0.3 is 18.9 Å². The lowest BCUT2D eigenvalue weighted by Crippen LogP contribution is -2.27. The average molecular weight is 431 g/mol. The van der Waals surface area contributed by atoms with Crippen molar-refractivity contribution in [2.75, 3.05) is 20.3 Å². The molecular weight excluding hydrogens is 402 g/mol. The van der Waals surface area contributed by atoms with Gasteiger partial charge in [0.15, 0.2) is 23.8 Å². The van der Waals surface area contributed by atoms with Gasteiger partial charge >= 0.3 is 11.9 Å². The Balaban J connectivity index is 2.62. The van der Waals surface area contributed by atoms with Crippen LogP contribution in [-0.4, -0.2) is 48.2 Å². The number of rotatable bonds is 8. The zero-order valence-electron chi connectivity index (χ0n) is 19.0. The second kappa shape index (κ2) is 9.68. The quantitative estimate of drug-likeness (QED) is 0.462.